The van der Waals surface area contributed by atoms with Gasteiger partial charge in [-0.2, -0.15) is 13.2 Å². The first-order chi connectivity index (χ1) is 11.4. The monoisotopic (exact) mass is 354 g/mol. The Morgan fingerprint density at radius 2 is 1.83 bits per heavy atom. The molecule has 1 aromatic heterocycles. The van der Waals surface area contributed by atoms with E-state index in [2.05, 4.69) is 20.6 Å². The van der Waals surface area contributed by atoms with Gasteiger partial charge < -0.3 is 4.74 Å². The van der Waals surface area contributed by atoms with Crippen molar-refractivity contribution in [3.8, 4) is 5.75 Å². The van der Waals surface area contributed by atoms with Crippen molar-refractivity contribution in [1.29, 1.82) is 0 Å². The minimum absolute atomic E-state index is 0.0428. The third-order valence-corrected chi connectivity index (χ3v) is 3.45. The highest BCUT2D eigenvalue weighted by molar-refractivity contribution is 6.30. The van der Waals surface area contributed by atoms with Gasteiger partial charge in [0.1, 0.15) is 5.75 Å². The molecule has 124 valence electrons. The largest absolute Gasteiger partial charge is 0.478 e. The van der Waals surface area contributed by atoms with Crippen LogP contribution >= 0.6 is 11.6 Å². The van der Waals surface area contributed by atoms with E-state index in [1.54, 1.807) is 24.3 Å². The number of hydrogen-bond acceptors (Lipinski definition) is 4. The van der Waals surface area contributed by atoms with Gasteiger partial charge in [0.05, 0.1) is 5.56 Å². The standard InChI is InChI=1S/C15H10ClF3N4O/c16-11-6-4-9(5-7-11)13(14-20-22-23-21-14)24-12-3-1-2-10(8-12)15(17,18)19/h1-8,13H,(H,20,21,22,23). The van der Waals surface area contributed by atoms with E-state index in [0.717, 1.165) is 12.1 Å². The van der Waals surface area contributed by atoms with Crippen molar-refractivity contribution in [2.75, 3.05) is 0 Å². The average Bonchev–Trinajstić information content (AvgIpc) is 3.07. The number of benzene rings is 2. The lowest BCUT2D eigenvalue weighted by Gasteiger charge is -2.18. The van der Waals surface area contributed by atoms with Crippen LogP contribution in [0.4, 0.5) is 13.2 Å². The van der Waals surface area contributed by atoms with Gasteiger partial charge in [0.25, 0.3) is 0 Å². The number of hydrogen-bond donors (Lipinski definition) is 1. The number of nitrogens with zero attached hydrogens (tertiary/aromatic N) is 3. The number of ether oxygens (including phenoxy) is 1. The van der Waals surface area contributed by atoms with Gasteiger partial charge >= 0.3 is 6.18 Å². The number of H-pyrrole nitrogens is 1. The smallest absolute Gasteiger partial charge is 0.416 e. The third kappa shape index (κ3) is 3.65. The van der Waals surface area contributed by atoms with E-state index in [-0.39, 0.29) is 11.6 Å². The van der Waals surface area contributed by atoms with Gasteiger partial charge in [-0.3, -0.25) is 0 Å². The highest BCUT2D eigenvalue weighted by Gasteiger charge is 2.31. The molecule has 0 aliphatic rings. The van der Waals surface area contributed by atoms with Crippen molar-refractivity contribution in [2.45, 2.75) is 12.3 Å². The fourth-order valence-corrected chi connectivity index (χ4v) is 2.20. The van der Waals surface area contributed by atoms with E-state index in [1.165, 1.54) is 12.1 Å². The van der Waals surface area contributed by atoms with Crippen LogP contribution in [0.2, 0.25) is 5.02 Å². The van der Waals surface area contributed by atoms with Crippen molar-refractivity contribution in [1.82, 2.24) is 20.6 Å². The molecule has 5 nitrogen and oxygen atoms in total. The number of alkyl halides is 3. The molecule has 0 fully saturated rings. The van der Waals surface area contributed by atoms with Crippen molar-refractivity contribution in [3.05, 3.63) is 70.5 Å². The second-order valence-electron chi connectivity index (χ2n) is 4.86. The van der Waals surface area contributed by atoms with Crippen molar-refractivity contribution in [2.24, 2.45) is 0 Å². The Morgan fingerprint density at radius 1 is 1.08 bits per heavy atom. The van der Waals surface area contributed by atoms with Crippen LogP contribution in [0.15, 0.2) is 48.5 Å². The molecule has 3 aromatic rings. The lowest BCUT2D eigenvalue weighted by atomic mass is 10.1. The van der Waals surface area contributed by atoms with Gasteiger partial charge in [-0.15, -0.1) is 5.10 Å². The van der Waals surface area contributed by atoms with Crippen LogP contribution in [-0.2, 0) is 6.18 Å². The summed E-state index contributed by atoms with van der Waals surface area (Å²) in [5.41, 5.74) is -0.166. The normalized spacial score (nSPS) is 12.8. The van der Waals surface area contributed by atoms with Crippen LogP contribution in [0.1, 0.15) is 23.1 Å². The van der Waals surface area contributed by atoms with Crippen molar-refractivity contribution >= 4 is 11.6 Å². The van der Waals surface area contributed by atoms with E-state index in [0.29, 0.717) is 10.6 Å². The summed E-state index contributed by atoms with van der Waals surface area (Å²) in [6.45, 7) is 0. The second kappa shape index (κ2) is 6.48. The SMILES string of the molecule is FC(F)(F)c1cccc(OC(c2ccc(Cl)cc2)c2nnn[nH]2)c1. The van der Waals surface area contributed by atoms with Crippen molar-refractivity contribution in [3.63, 3.8) is 0 Å². The molecular formula is C15H10ClF3N4O. The van der Waals surface area contributed by atoms with E-state index >= 15 is 0 Å². The molecule has 0 amide bonds. The van der Waals surface area contributed by atoms with Crippen LogP contribution < -0.4 is 4.74 Å². The predicted molar refractivity (Wildman–Crippen MR) is 79.5 cm³/mol. The molecular weight excluding hydrogens is 345 g/mol. The summed E-state index contributed by atoms with van der Waals surface area (Å²) in [5.74, 6) is 0.302. The van der Waals surface area contributed by atoms with Gasteiger partial charge in [0.15, 0.2) is 11.9 Å². The van der Waals surface area contributed by atoms with Crippen LogP contribution in [-0.4, -0.2) is 20.6 Å². The summed E-state index contributed by atoms with van der Waals surface area (Å²) >= 11 is 5.86. The molecule has 2 aromatic carbocycles. The third-order valence-electron chi connectivity index (χ3n) is 3.20. The number of aromatic nitrogens is 4. The first-order valence-corrected chi connectivity index (χ1v) is 7.14. The fourth-order valence-electron chi connectivity index (χ4n) is 2.08. The van der Waals surface area contributed by atoms with E-state index < -0.39 is 17.8 Å². The maximum atomic E-state index is 12.8. The Balaban J connectivity index is 1.95. The number of rotatable bonds is 4. The quantitative estimate of drug-likeness (QED) is 0.768. The zero-order valence-electron chi connectivity index (χ0n) is 12.0. The summed E-state index contributed by atoms with van der Waals surface area (Å²) < 4.78 is 44.2. The molecule has 3 rings (SSSR count). The number of nitrogens with one attached hydrogen (secondary N) is 1. The number of aromatic amines is 1. The molecule has 9 heteroatoms. The zero-order chi connectivity index (χ0) is 17.2. The Hall–Kier alpha value is -2.61. The topological polar surface area (TPSA) is 63.7 Å². The van der Waals surface area contributed by atoms with E-state index in [1.807, 2.05) is 0 Å². The predicted octanol–water partition coefficient (Wildman–Crippen LogP) is 4.04. The van der Waals surface area contributed by atoms with Crippen LogP contribution in [0.5, 0.6) is 5.75 Å². The van der Waals surface area contributed by atoms with E-state index in [9.17, 15) is 13.2 Å². The number of halogens is 4. The molecule has 0 bridgehead atoms. The fraction of sp³-hybridized carbons (Fsp3) is 0.133. The minimum atomic E-state index is -4.46. The summed E-state index contributed by atoms with van der Waals surface area (Å²) in [4.78, 5) is 0. The summed E-state index contributed by atoms with van der Waals surface area (Å²) in [6, 6.07) is 11.3. The molecule has 1 N–H and O–H groups in total. The molecule has 0 saturated heterocycles. The molecule has 0 spiro atoms. The van der Waals surface area contributed by atoms with Gasteiger partial charge in [0.2, 0.25) is 0 Å². The minimum Gasteiger partial charge on any atom is -0.478 e. The maximum absolute atomic E-state index is 12.8. The molecule has 24 heavy (non-hydrogen) atoms. The lowest BCUT2D eigenvalue weighted by molar-refractivity contribution is -0.137. The second-order valence-corrected chi connectivity index (χ2v) is 5.30. The highest BCUT2D eigenvalue weighted by Crippen LogP contribution is 2.33. The molecule has 1 heterocycles. The first-order valence-electron chi connectivity index (χ1n) is 6.76. The summed E-state index contributed by atoms with van der Waals surface area (Å²) in [7, 11) is 0. The Morgan fingerprint density at radius 3 is 2.46 bits per heavy atom. The lowest BCUT2D eigenvalue weighted by Crippen LogP contribution is -2.12. The van der Waals surface area contributed by atoms with Crippen LogP contribution in [0, 0.1) is 0 Å². The Labute approximate surface area is 139 Å². The van der Waals surface area contributed by atoms with Crippen LogP contribution in [0.25, 0.3) is 0 Å². The highest BCUT2D eigenvalue weighted by atomic mass is 35.5. The Bertz CT molecular complexity index is 806. The average molecular weight is 355 g/mol. The molecule has 1 unspecified atom stereocenters. The van der Waals surface area contributed by atoms with Crippen molar-refractivity contribution < 1.29 is 17.9 Å². The molecule has 0 aliphatic heterocycles. The molecule has 1 atom stereocenters. The van der Waals surface area contributed by atoms with Gasteiger partial charge in [-0.05, 0) is 40.8 Å². The molecule has 0 aliphatic carbocycles. The number of tetrazole rings is 1. The van der Waals surface area contributed by atoms with Gasteiger partial charge in [-0.1, -0.05) is 29.8 Å². The van der Waals surface area contributed by atoms with Crippen LogP contribution in [0.3, 0.4) is 0 Å². The zero-order valence-corrected chi connectivity index (χ0v) is 12.7. The maximum Gasteiger partial charge on any atom is 0.416 e. The first kappa shape index (κ1) is 16.3. The summed E-state index contributed by atoms with van der Waals surface area (Å²) in [5, 5.41) is 13.8. The molecule has 0 saturated carbocycles. The molecule has 0 radical (unpaired) electrons. The van der Waals surface area contributed by atoms with E-state index in [4.69, 9.17) is 16.3 Å². The summed E-state index contributed by atoms with van der Waals surface area (Å²) in [6.07, 6.45) is -5.26. The Kier molecular flexibility index (Phi) is 4.39. The van der Waals surface area contributed by atoms with Gasteiger partial charge in [-0.25, -0.2) is 5.10 Å². The van der Waals surface area contributed by atoms with Gasteiger partial charge in [0, 0.05) is 10.6 Å².